The van der Waals surface area contributed by atoms with Gasteiger partial charge in [0.1, 0.15) is 0 Å². The molecule has 1 amide bonds. The predicted molar refractivity (Wildman–Crippen MR) is 130 cm³/mol. The molecule has 32 heavy (non-hydrogen) atoms. The van der Waals surface area contributed by atoms with Gasteiger partial charge in [0.25, 0.3) is 15.9 Å². The topological polar surface area (TPSA) is 66.5 Å². The number of hydrogen-bond donors (Lipinski definition) is 1. The van der Waals surface area contributed by atoms with Gasteiger partial charge in [-0.2, -0.15) is 0 Å². The van der Waals surface area contributed by atoms with E-state index < -0.39 is 15.9 Å². The molecule has 168 valence electrons. The van der Waals surface area contributed by atoms with E-state index in [1.54, 1.807) is 18.2 Å². The van der Waals surface area contributed by atoms with Gasteiger partial charge in [-0.25, -0.2) is 8.42 Å². The minimum atomic E-state index is -4.12. The number of carbonyl (C=O) groups excluding carboxylic acids is 1. The first kappa shape index (κ1) is 22.6. The van der Waals surface area contributed by atoms with Crippen LogP contribution in [0.1, 0.15) is 43.2 Å². The highest BCUT2D eigenvalue weighted by atomic mass is 35.5. The van der Waals surface area contributed by atoms with Crippen molar-refractivity contribution in [3.8, 4) is 0 Å². The van der Waals surface area contributed by atoms with Crippen molar-refractivity contribution in [2.24, 2.45) is 5.92 Å². The lowest BCUT2D eigenvalue weighted by Gasteiger charge is -2.33. The van der Waals surface area contributed by atoms with Crippen molar-refractivity contribution in [1.29, 1.82) is 0 Å². The quantitative estimate of drug-likeness (QED) is 0.595. The number of hydrogen-bond acceptors (Lipinski definition) is 3. The number of carbonyl (C=O) groups is 1. The molecule has 1 aliphatic carbocycles. The van der Waals surface area contributed by atoms with Crippen LogP contribution in [-0.2, 0) is 14.8 Å². The van der Waals surface area contributed by atoms with E-state index in [4.69, 9.17) is 11.6 Å². The Bertz CT molecular complexity index is 1150. The second-order valence-corrected chi connectivity index (χ2v) is 10.5. The third kappa shape index (κ3) is 4.34. The van der Waals surface area contributed by atoms with Gasteiger partial charge in [0.15, 0.2) is 4.91 Å². The predicted octanol–water partition coefficient (Wildman–Crippen LogP) is 5.13. The Hall–Kier alpha value is -2.57. The van der Waals surface area contributed by atoms with Crippen LogP contribution in [0.4, 0.5) is 5.69 Å². The van der Waals surface area contributed by atoms with Gasteiger partial charge in [-0.3, -0.25) is 9.10 Å². The van der Waals surface area contributed by atoms with Crippen LogP contribution in [0.5, 0.6) is 0 Å². The molecule has 1 saturated carbocycles. The first-order valence-electron chi connectivity index (χ1n) is 10.9. The van der Waals surface area contributed by atoms with Crippen molar-refractivity contribution in [3.05, 3.63) is 82.2 Å². The van der Waals surface area contributed by atoms with Crippen molar-refractivity contribution < 1.29 is 13.2 Å². The molecule has 0 aromatic heterocycles. The van der Waals surface area contributed by atoms with Crippen LogP contribution in [0.2, 0.25) is 5.02 Å². The third-order valence-corrected chi connectivity index (χ3v) is 8.18. The van der Waals surface area contributed by atoms with E-state index >= 15 is 0 Å². The number of anilines is 1. The molecule has 0 saturated heterocycles. The monoisotopic (exact) mass is 470 g/mol. The summed E-state index contributed by atoms with van der Waals surface area (Å²) in [5.41, 5.74) is 2.13. The summed E-state index contributed by atoms with van der Waals surface area (Å²) in [4.78, 5) is 13.2. The number of sulfonamides is 1. The first-order chi connectivity index (χ1) is 15.4. The SMILES string of the molecule is C=CCN1c2ccc(Cl)cc2C(c2ccccc2)=C(C(=O)NCC2CCCCC2)S1(=O)=O. The fourth-order valence-corrected chi connectivity index (χ4v) is 6.47. The van der Waals surface area contributed by atoms with E-state index in [-0.39, 0.29) is 11.4 Å². The molecule has 0 spiro atoms. The Morgan fingerprint density at radius 1 is 1.12 bits per heavy atom. The summed E-state index contributed by atoms with van der Waals surface area (Å²) in [7, 11) is -4.12. The molecule has 0 unspecified atom stereocenters. The average molecular weight is 471 g/mol. The number of nitrogens with one attached hydrogen (secondary N) is 1. The summed E-state index contributed by atoms with van der Waals surface area (Å²) < 4.78 is 28.7. The molecule has 7 heteroatoms. The standard InChI is InChI=1S/C25H27ClN2O3S/c1-2-15-28-22-14-13-20(26)16-21(22)23(19-11-7-4-8-12-19)24(32(28,30)31)25(29)27-17-18-9-5-3-6-10-18/h2,4,7-8,11-14,16,18H,1,3,5-6,9-10,15,17H2,(H,27,29). The Morgan fingerprint density at radius 3 is 2.53 bits per heavy atom. The summed E-state index contributed by atoms with van der Waals surface area (Å²) in [5.74, 6) is -0.195. The van der Waals surface area contributed by atoms with E-state index in [1.807, 2.05) is 30.3 Å². The van der Waals surface area contributed by atoms with Crippen LogP contribution in [0.25, 0.3) is 5.57 Å². The maximum absolute atomic E-state index is 13.8. The van der Waals surface area contributed by atoms with E-state index in [0.29, 0.717) is 39.9 Å². The maximum Gasteiger partial charge on any atom is 0.270 e. The molecule has 1 N–H and O–H groups in total. The van der Waals surface area contributed by atoms with Gasteiger partial charge in [0.2, 0.25) is 0 Å². The minimum Gasteiger partial charge on any atom is -0.351 e. The Morgan fingerprint density at radius 2 is 1.84 bits per heavy atom. The highest BCUT2D eigenvalue weighted by Gasteiger charge is 2.41. The van der Waals surface area contributed by atoms with Gasteiger partial charge < -0.3 is 5.32 Å². The fourth-order valence-electron chi connectivity index (χ4n) is 4.56. The molecule has 1 heterocycles. The Kier molecular flexibility index (Phi) is 6.72. The summed E-state index contributed by atoms with van der Waals surface area (Å²) in [6.45, 7) is 4.24. The Balaban J connectivity index is 1.87. The molecule has 5 nitrogen and oxygen atoms in total. The van der Waals surface area contributed by atoms with Crippen molar-refractivity contribution in [3.63, 3.8) is 0 Å². The number of halogens is 1. The van der Waals surface area contributed by atoms with E-state index in [2.05, 4.69) is 11.9 Å². The summed E-state index contributed by atoms with van der Waals surface area (Å²) in [5, 5.41) is 3.39. The van der Waals surface area contributed by atoms with Crippen LogP contribution >= 0.6 is 11.6 Å². The maximum atomic E-state index is 13.8. The van der Waals surface area contributed by atoms with E-state index in [1.165, 1.54) is 16.8 Å². The van der Waals surface area contributed by atoms with Crippen LogP contribution in [0.3, 0.4) is 0 Å². The van der Waals surface area contributed by atoms with Crippen molar-refractivity contribution >= 4 is 38.8 Å². The van der Waals surface area contributed by atoms with Crippen molar-refractivity contribution in [2.45, 2.75) is 32.1 Å². The number of amides is 1. The number of benzene rings is 2. The molecule has 1 aliphatic heterocycles. The van der Waals surface area contributed by atoms with E-state index in [9.17, 15) is 13.2 Å². The first-order valence-corrected chi connectivity index (χ1v) is 12.8. The van der Waals surface area contributed by atoms with Gasteiger partial charge in [-0.05, 0) is 42.5 Å². The zero-order valence-corrected chi connectivity index (χ0v) is 19.5. The molecular formula is C25H27ClN2O3S. The van der Waals surface area contributed by atoms with Gasteiger partial charge in [0, 0.05) is 22.7 Å². The molecular weight excluding hydrogens is 444 g/mol. The van der Waals surface area contributed by atoms with Crippen LogP contribution in [0.15, 0.2) is 66.1 Å². The molecule has 2 aliphatic rings. The normalized spacial score (nSPS) is 18.2. The van der Waals surface area contributed by atoms with Gasteiger partial charge in [-0.1, -0.05) is 67.3 Å². The van der Waals surface area contributed by atoms with Crippen molar-refractivity contribution in [2.75, 3.05) is 17.4 Å². The highest BCUT2D eigenvalue weighted by Crippen LogP contribution is 2.43. The number of nitrogens with zero attached hydrogens (tertiary/aromatic N) is 1. The molecule has 2 aromatic carbocycles. The lowest BCUT2D eigenvalue weighted by atomic mass is 9.89. The van der Waals surface area contributed by atoms with Crippen LogP contribution in [0, 0.1) is 5.92 Å². The molecule has 4 rings (SSSR count). The average Bonchev–Trinajstić information content (AvgIpc) is 2.80. The highest BCUT2D eigenvalue weighted by molar-refractivity contribution is 7.97. The second kappa shape index (κ2) is 9.51. The molecule has 0 radical (unpaired) electrons. The summed E-state index contributed by atoms with van der Waals surface area (Å²) in [6, 6.07) is 14.2. The number of rotatable bonds is 6. The second-order valence-electron chi connectivity index (χ2n) is 8.27. The van der Waals surface area contributed by atoms with E-state index in [0.717, 1.165) is 25.7 Å². The molecule has 0 bridgehead atoms. The molecule has 1 fully saturated rings. The number of fused-ring (bicyclic) bond motifs is 1. The largest absolute Gasteiger partial charge is 0.351 e. The van der Waals surface area contributed by atoms with Gasteiger partial charge >= 0.3 is 0 Å². The van der Waals surface area contributed by atoms with Gasteiger partial charge in [0.05, 0.1) is 12.2 Å². The van der Waals surface area contributed by atoms with Crippen molar-refractivity contribution in [1.82, 2.24) is 5.32 Å². The van der Waals surface area contributed by atoms with Crippen LogP contribution < -0.4 is 9.62 Å². The Labute approximate surface area is 194 Å². The fraction of sp³-hybridized carbons (Fsp3) is 0.320. The van der Waals surface area contributed by atoms with Gasteiger partial charge in [-0.15, -0.1) is 6.58 Å². The smallest absolute Gasteiger partial charge is 0.270 e. The lowest BCUT2D eigenvalue weighted by Crippen LogP contribution is -2.42. The lowest BCUT2D eigenvalue weighted by molar-refractivity contribution is -0.117. The zero-order chi connectivity index (χ0) is 22.7. The zero-order valence-electron chi connectivity index (χ0n) is 17.9. The molecule has 0 atom stereocenters. The van der Waals surface area contributed by atoms with Crippen LogP contribution in [-0.4, -0.2) is 27.4 Å². The molecule has 2 aromatic rings. The summed E-state index contributed by atoms with van der Waals surface area (Å²) in [6.07, 6.45) is 7.14. The third-order valence-electron chi connectivity index (χ3n) is 6.11. The minimum absolute atomic E-state index is 0.0540. The summed E-state index contributed by atoms with van der Waals surface area (Å²) >= 11 is 6.30.